The third-order valence-corrected chi connectivity index (χ3v) is 2.05. The fourth-order valence-corrected chi connectivity index (χ4v) is 1.39. The lowest BCUT2D eigenvalue weighted by Crippen LogP contribution is -1.79. The number of para-hydroxylation sites is 1. The number of allylic oxidation sites excluding steroid dienone is 1. The van der Waals surface area contributed by atoms with Crippen molar-refractivity contribution in [1.29, 1.82) is 0 Å². The van der Waals surface area contributed by atoms with Gasteiger partial charge in [0, 0.05) is 11.2 Å². The first-order valence-corrected chi connectivity index (χ1v) is 4.52. The molecule has 1 N–H and O–H groups in total. The molecule has 0 spiro atoms. The molecule has 0 fully saturated rings. The maximum Gasteiger partial charge on any atom is 0.152 e. The number of rotatable bonds is 2. The molecule has 1 heterocycles. The third-order valence-electron chi connectivity index (χ3n) is 2.05. The number of fused-ring (bicyclic) bond motifs is 1. The van der Waals surface area contributed by atoms with Gasteiger partial charge in [-0.3, -0.25) is 4.79 Å². The number of hydrogen-bond donors (Lipinski definition) is 1. The number of H-pyrrole nitrogens is 1. The molecule has 70 valence electrons. The number of aromatic amines is 1. The van der Waals surface area contributed by atoms with Crippen molar-refractivity contribution in [2.24, 2.45) is 0 Å². The Kier molecular flexibility index (Phi) is 2.19. The number of carbonyl (C=O) groups excluding carboxylic acids is 1. The molecule has 0 radical (unpaired) electrons. The van der Waals surface area contributed by atoms with Crippen LogP contribution in [-0.2, 0) is 4.79 Å². The van der Waals surface area contributed by atoms with E-state index in [9.17, 15) is 4.79 Å². The van der Waals surface area contributed by atoms with Crippen LogP contribution in [0.25, 0.3) is 17.0 Å². The van der Waals surface area contributed by atoms with Crippen LogP contribution in [0.2, 0.25) is 0 Å². The van der Waals surface area contributed by atoms with E-state index < -0.39 is 0 Å². The molecule has 1 aromatic carbocycles. The minimum Gasteiger partial charge on any atom is -0.355 e. The zero-order chi connectivity index (χ0) is 9.97. The van der Waals surface area contributed by atoms with E-state index in [4.69, 9.17) is 0 Å². The molecule has 0 aliphatic rings. The Bertz CT molecular complexity index is 461. The predicted molar refractivity (Wildman–Crippen MR) is 58.0 cm³/mol. The summed E-state index contributed by atoms with van der Waals surface area (Å²) in [5.41, 5.74) is 2.05. The average molecular weight is 185 g/mol. The van der Waals surface area contributed by atoms with E-state index >= 15 is 0 Å². The highest BCUT2D eigenvalue weighted by atomic mass is 16.1. The van der Waals surface area contributed by atoms with Gasteiger partial charge in [-0.05, 0) is 36.6 Å². The highest BCUT2D eigenvalue weighted by Crippen LogP contribution is 2.15. The predicted octanol–water partition coefficient (Wildman–Crippen LogP) is 2.77. The van der Waals surface area contributed by atoms with Gasteiger partial charge in [0.2, 0.25) is 0 Å². The van der Waals surface area contributed by atoms with Crippen LogP contribution >= 0.6 is 0 Å². The third kappa shape index (κ3) is 1.74. The van der Waals surface area contributed by atoms with Gasteiger partial charge in [0.1, 0.15) is 0 Å². The van der Waals surface area contributed by atoms with Crippen molar-refractivity contribution < 1.29 is 4.79 Å². The number of nitrogens with one attached hydrogen (secondary N) is 1. The first-order valence-electron chi connectivity index (χ1n) is 4.52. The molecule has 0 bridgehead atoms. The number of aromatic nitrogens is 1. The topological polar surface area (TPSA) is 32.9 Å². The fourth-order valence-electron chi connectivity index (χ4n) is 1.39. The molecular formula is C12H11NO. The van der Waals surface area contributed by atoms with Crippen molar-refractivity contribution in [2.75, 3.05) is 0 Å². The minimum absolute atomic E-state index is 0.0589. The molecule has 2 nitrogen and oxygen atoms in total. The normalized spacial score (nSPS) is 11.2. The van der Waals surface area contributed by atoms with E-state index in [0.29, 0.717) is 0 Å². The van der Waals surface area contributed by atoms with Gasteiger partial charge in [-0.15, -0.1) is 0 Å². The van der Waals surface area contributed by atoms with Gasteiger partial charge in [0.05, 0.1) is 0 Å². The zero-order valence-electron chi connectivity index (χ0n) is 7.95. The molecule has 0 aliphatic heterocycles. The monoisotopic (exact) mass is 185 g/mol. The summed E-state index contributed by atoms with van der Waals surface area (Å²) in [4.78, 5) is 13.9. The van der Waals surface area contributed by atoms with Gasteiger partial charge in [0.25, 0.3) is 0 Å². The van der Waals surface area contributed by atoms with E-state index in [0.717, 1.165) is 16.6 Å². The quantitative estimate of drug-likeness (QED) is 0.717. The van der Waals surface area contributed by atoms with E-state index in [-0.39, 0.29) is 5.78 Å². The van der Waals surface area contributed by atoms with Crippen LogP contribution in [0, 0.1) is 0 Å². The molecule has 2 heteroatoms. The molecule has 0 amide bonds. The lowest BCUT2D eigenvalue weighted by molar-refractivity contribution is -0.112. The highest BCUT2D eigenvalue weighted by Gasteiger charge is 1.95. The van der Waals surface area contributed by atoms with Gasteiger partial charge in [-0.25, -0.2) is 0 Å². The standard InChI is InChI=1S/C12H11NO/c1-9(14)6-7-11-8-10-4-2-3-5-12(10)13-11/h2-8,13H,1H3. The van der Waals surface area contributed by atoms with Crippen LogP contribution in [-0.4, -0.2) is 10.8 Å². The number of carbonyl (C=O) groups is 1. The second-order valence-electron chi connectivity index (χ2n) is 3.26. The Morgan fingerprint density at radius 2 is 2.14 bits per heavy atom. The Labute approximate surface area is 82.3 Å². The van der Waals surface area contributed by atoms with Crippen molar-refractivity contribution in [1.82, 2.24) is 4.98 Å². The smallest absolute Gasteiger partial charge is 0.152 e. The molecule has 2 aromatic rings. The summed E-state index contributed by atoms with van der Waals surface area (Å²) >= 11 is 0. The second-order valence-corrected chi connectivity index (χ2v) is 3.26. The lowest BCUT2D eigenvalue weighted by Gasteiger charge is -1.84. The molecule has 0 saturated heterocycles. The summed E-state index contributed by atoms with van der Waals surface area (Å²) in [6, 6.07) is 10.1. The van der Waals surface area contributed by atoms with Crippen LogP contribution in [0.3, 0.4) is 0 Å². The van der Waals surface area contributed by atoms with Crippen molar-refractivity contribution in [3.05, 3.63) is 42.1 Å². The zero-order valence-corrected chi connectivity index (χ0v) is 7.95. The van der Waals surface area contributed by atoms with Gasteiger partial charge in [-0.2, -0.15) is 0 Å². The largest absolute Gasteiger partial charge is 0.355 e. The SMILES string of the molecule is CC(=O)C=Cc1cc2ccccc2[nH]1. The van der Waals surface area contributed by atoms with E-state index in [1.54, 1.807) is 19.1 Å². The Morgan fingerprint density at radius 3 is 2.86 bits per heavy atom. The van der Waals surface area contributed by atoms with Crippen LogP contribution in [0.4, 0.5) is 0 Å². The fraction of sp³-hybridized carbons (Fsp3) is 0.0833. The molecule has 1 aromatic heterocycles. The Morgan fingerprint density at radius 1 is 1.36 bits per heavy atom. The van der Waals surface area contributed by atoms with Crippen LogP contribution in [0.5, 0.6) is 0 Å². The number of benzene rings is 1. The van der Waals surface area contributed by atoms with E-state index in [1.807, 2.05) is 30.3 Å². The van der Waals surface area contributed by atoms with Crippen LogP contribution < -0.4 is 0 Å². The minimum atomic E-state index is 0.0589. The van der Waals surface area contributed by atoms with Crippen molar-refractivity contribution in [2.45, 2.75) is 6.92 Å². The van der Waals surface area contributed by atoms with Crippen LogP contribution in [0.15, 0.2) is 36.4 Å². The van der Waals surface area contributed by atoms with Gasteiger partial charge in [-0.1, -0.05) is 18.2 Å². The molecular weight excluding hydrogens is 174 g/mol. The number of hydrogen-bond acceptors (Lipinski definition) is 1. The molecule has 14 heavy (non-hydrogen) atoms. The molecule has 0 unspecified atom stereocenters. The molecule has 0 saturated carbocycles. The second kappa shape index (κ2) is 3.50. The summed E-state index contributed by atoms with van der Waals surface area (Å²) in [6.45, 7) is 1.54. The first-order chi connectivity index (χ1) is 6.75. The van der Waals surface area contributed by atoms with E-state index in [2.05, 4.69) is 4.98 Å². The first kappa shape index (κ1) is 8.75. The summed E-state index contributed by atoms with van der Waals surface area (Å²) in [5, 5.41) is 1.16. The van der Waals surface area contributed by atoms with Gasteiger partial charge in [0.15, 0.2) is 5.78 Å². The van der Waals surface area contributed by atoms with Crippen molar-refractivity contribution >= 4 is 22.8 Å². The summed E-state index contributed by atoms with van der Waals surface area (Å²) in [5.74, 6) is 0.0589. The van der Waals surface area contributed by atoms with Crippen molar-refractivity contribution in [3.63, 3.8) is 0 Å². The lowest BCUT2D eigenvalue weighted by atomic mass is 10.2. The Balaban J connectivity index is 2.40. The molecule has 0 atom stereocenters. The molecule has 2 rings (SSSR count). The number of ketones is 1. The van der Waals surface area contributed by atoms with Gasteiger partial charge < -0.3 is 4.98 Å². The maximum atomic E-state index is 10.7. The van der Waals surface area contributed by atoms with E-state index in [1.165, 1.54) is 0 Å². The van der Waals surface area contributed by atoms with Crippen LogP contribution in [0.1, 0.15) is 12.6 Å². The average Bonchev–Trinajstić information content (AvgIpc) is 2.57. The van der Waals surface area contributed by atoms with Crippen molar-refractivity contribution in [3.8, 4) is 0 Å². The summed E-state index contributed by atoms with van der Waals surface area (Å²) in [6.07, 6.45) is 3.35. The maximum absolute atomic E-state index is 10.7. The van der Waals surface area contributed by atoms with Gasteiger partial charge >= 0.3 is 0 Å². The summed E-state index contributed by atoms with van der Waals surface area (Å²) in [7, 11) is 0. The summed E-state index contributed by atoms with van der Waals surface area (Å²) < 4.78 is 0. The Hall–Kier alpha value is -1.83. The molecule has 0 aliphatic carbocycles. The highest BCUT2D eigenvalue weighted by molar-refractivity contribution is 5.92.